The quantitative estimate of drug-likeness (QED) is 0.307. The summed E-state index contributed by atoms with van der Waals surface area (Å²) in [4.78, 5) is 11.6. The number of cyclic esters (lactones) is 1. The predicted molar refractivity (Wildman–Crippen MR) is 95.1 cm³/mol. The Bertz CT molecular complexity index is 432. The van der Waals surface area contributed by atoms with Crippen LogP contribution in [0.3, 0.4) is 0 Å². The molecule has 0 unspecified atom stereocenters. The van der Waals surface area contributed by atoms with Crippen molar-refractivity contribution < 1.29 is 14.6 Å². The van der Waals surface area contributed by atoms with Crippen molar-refractivity contribution in [1.82, 2.24) is 0 Å². The molecule has 0 bridgehead atoms. The molecule has 0 aliphatic carbocycles. The summed E-state index contributed by atoms with van der Waals surface area (Å²) in [6.45, 7) is 2.22. The molecular weight excluding hydrogens is 288 g/mol. The van der Waals surface area contributed by atoms with Gasteiger partial charge < -0.3 is 9.84 Å². The first-order valence-corrected chi connectivity index (χ1v) is 8.76. The van der Waals surface area contributed by atoms with Gasteiger partial charge in [0.1, 0.15) is 6.10 Å². The van der Waals surface area contributed by atoms with Gasteiger partial charge in [-0.25, -0.2) is 0 Å². The number of aliphatic hydroxyl groups is 1. The van der Waals surface area contributed by atoms with E-state index >= 15 is 0 Å². The molecule has 1 heterocycles. The second-order valence-electron chi connectivity index (χ2n) is 5.81. The third-order valence-corrected chi connectivity index (χ3v) is 3.70. The van der Waals surface area contributed by atoms with Gasteiger partial charge in [-0.05, 0) is 31.8 Å². The van der Waals surface area contributed by atoms with Gasteiger partial charge in [0.15, 0.2) is 0 Å². The van der Waals surface area contributed by atoms with E-state index in [2.05, 4.69) is 13.0 Å². The Hall–Kier alpha value is -1.61. The van der Waals surface area contributed by atoms with Crippen LogP contribution in [0.4, 0.5) is 0 Å². The van der Waals surface area contributed by atoms with E-state index in [1.807, 2.05) is 36.5 Å². The number of hydrogen-bond donors (Lipinski definition) is 1. The number of unbranched alkanes of at least 4 members (excludes halogenated alkanes) is 4. The molecule has 1 aliphatic heterocycles. The van der Waals surface area contributed by atoms with Gasteiger partial charge in [-0.15, -0.1) is 0 Å². The highest BCUT2D eigenvalue weighted by Gasteiger charge is 2.20. The molecule has 128 valence electrons. The standard InChI is InChI=1S/C20H30O3/c1-2-3-4-5-6-7-8-9-10-13-16-19-18(21)15-12-11-14-17-20(22)23-19/h7-13,16,18-19,21H,2-6,14-15,17H2,1H3/b8-7-,10-9-,12-11-,16-13+/t18-,19+/m0/s1. The van der Waals surface area contributed by atoms with Crippen LogP contribution >= 0.6 is 0 Å². The molecule has 0 aromatic rings. The van der Waals surface area contributed by atoms with E-state index in [0.29, 0.717) is 19.3 Å². The zero-order valence-corrected chi connectivity index (χ0v) is 14.2. The van der Waals surface area contributed by atoms with Crippen LogP contribution in [0.15, 0.2) is 48.6 Å². The lowest BCUT2D eigenvalue weighted by molar-refractivity contribution is -0.151. The van der Waals surface area contributed by atoms with Crippen molar-refractivity contribution in [2.75, 3.05) is 0 Å². The predicted octanol–water partition coefficient (Wildman–Crippen LogP) is 4.64. The van der Waals surface area contributed by atoms with Gasteiger partial charge in [-0.1, -0.05) is 68.7 Å². The fourth-order valence-corrected chi connectivity index (χ4v) is 2.31. The second-order valence-corrected chi connectivity index (χ2v) is 5.81. The molecule has 0 aromatic heterocycles. The smallest absolute Gasteiger partial charge is 0.306 e. The molecule has 0 radical (unpaired) electrons. The van der Waals surface area contributed by atoms with Gasteiger partial charge in [0, 0.05) is 6.42 Å². The number of ether oxygens (including phenoxy) is 1. The van der Waals surface area contributed by atoms with Crippen molar-refractivity contribution in [3.63, 3.8) is 0 Å². The van der Waals surface area contributed by atoms with Crippen molar-refractivity contribution in [2.24, 2.45) is 0 Å². The van der Waals surface area contributed by atoms with Gasteiger partial charge in [0.05, 0.1) is 6.10 Å². The largest absolute Gasteiger partial charge is 0.455 e. The molecule has 0 saturated carbocycles. The molecule has 3 heteroatoms. The van der Waals surface area contributed by atoms with Gasteiger partial charge in [-0.2, -0.15) is 0 Å². The van der Waals surface area contributed by atoms with E-state index in [0.717, 1.165) is 6.42 Å². The molecule has 0 spiro atoms. The van der Waals surface area contributed by atoms with E-state index in [9.17, 15) is 9.90 Å². The summed E-state index contributed by atoms with van der Waals surface area (Å²) < 4.78 is 5.30. The van der Waals surface area contributed by atoms with E-state index in [1.165, 1.54) is 25.7 Å². The van der Waals surface area contributed by atoms with Crippen LogP contribution < -0.4 is 0 Å². The third-order valence-electron chi connectivity index (χ3n) is 3.70. The summed E-state index contributed by atoms with van der Waals surface area (Å²) in [5, 5.41) is 10.0. The van der Waals surface area contributed by atoms with Crippen LogP contribution in [0.2, 0.25) is 0 Å². The molecule has 23 heavy (non-hydrogen) atoms. The lowest BCUT2D eigenvalue weighted by atomic mass is 10.1. The lowest BCUT2D eigenvalue weighted by Crippen LogP contribution is -2.28. The van der Waals surface area contributed by atoms with E-state index in [4.69, 9.17) is 4.74 Å². The number of carbonyl (C=O) groups excluding carboxylic acids is 1. The molecule has 1 N–H and O–H groups in total. The molecule has 0 aromatic carbocycles. The first-order chi connectivity index (χ1) is 11.2. The maximum atomic E-state index is 11.6. The maximum absolute atomic E-state index is 11.6. The van der Waals surface area contributed by atoms with Gasteiger partial charge in [0.25, 0.3) is 0 Å². The fourth-order valence-electron chi connectivity index (χ4n) is 2.31. The highest BCUT2D eigenvalue weighted by Crippen LogP contribution is 2.12. The van der Waals surface area contributed by atoms with Crippen molar-refractivity contribution in [3.8, 4) is 0 Å². The summed E-state index contributed by atoms with van der Waals surface area (Å²) in [5.74, 6) is -0.263. The first kappa shape index (κ1) is 19.4. The molecule has 2 atom stereocenters. The average Bonchev–Trinajstić information content (AvgIpc) is 2.61. The van der Waals surface area contributed by atoms with E-state index in [1.54, 1.807) is 6.08 Å². The minimum Gasteiger partial charge on any atom is -0.455 e. The Balaban J connectivity index is 2.35. The van der Waals surface area contributed by atoms with Crippen LogP contribution in [0.1, 0.15) is 58.3 Å². The van der Waals surface area contributed by atoms with E-state index in [-0.39, 0.29) is 5.97 Å². The van der Waals surface area contributed by atoms with Gasteiger partial charge in [0.2, 0.25) is 0 Å². The number of hydrogen-bond acceptors (Lipinski definition) is 3. The third kappa shape index (κ3) is 9.90. The Labute approximate surface area is 140 Å². The molecule has 3 nitrogen and oxygen atoms in total. The zero-order valence-electron chi connectivity index (χ0n) is 14.2. The second kappa shape index (κ2) is 12.9. The summed E-state index contributed by atoms with van der Waals surface area (Å²) in [7, 11) is 0. The van der Waals surface area contributed by atoms with Crippen LogP contribution in [-0.4, -0.2) is 23.3 Å². The maximum Gasteiger partial charge on any atom is 0.306 e. The molecule has 0 fully saturated rings. The fraction of sp³-hybridized carbons (Fsp3) is 0.550. The normalized spacial score (nSPS) is 24.7. The van der Waals surface area contributed by atoms with Crippen molar-refractivity contribution in [1.29, 1.82) is 0 Å². The van der Waals surface area contributed by atoms with Crippen LogP contribution in [0.25, 0.3) is 0 Å². The Morgan fingerprint density at radius 3 is 2.83 bits per heavy atom. The SMILES string of the molecule is CCCCCC\C=C/C=C\C=C\[C@H]1OC(=O)CC/C=C\C[C@@H]1O. The van der Waals surface area contributed by atoms with Crippen molar-refractivity contribution in [3.05, 3.63) is 48.6 Å². The highest BCUT2D eigenvalue weighted by molar-refractivity contribution is 5.70. The number of carbonyl (C=O) groups is 1. The molecule has 1 rings (SSSR count). The molecular formula is C20H30O3. The topological polar surface area (TPSA) is 46.5 Å². The zero-order chi connectivity index (χ0) is 16.8. The number of allylic oxidation sites excluding steroid dienone is 6. The number of esters is 1. The molecule has 0 amide bonds. The number of aliphatic hydroxyl groups excluding tert-OH is 1. The Morgan fingerprint density at radius 2 is 2.00 bits per heavy atom. The minimum atomic E-state index is -0.688. The van der Waals surface area contributed by atoms with E-state index < -0.39 is 12.2 Å². The molecule has 1 aliphatic rings. The monoisotopic (exact) mass is 318 g/mol. The molecule has 0 saturated heterocycles. The summed E-state index contributed by atoms with van der Waals surface area (Å²) in [6.07, 6.45) is 21.9. The van der Waals surface area contributed by atoms with Crippen LogP contribution in [0.5, 0.6) is 0 Å². The first-order valence-electron chi connectivity index (χ1n) is 8.76. The number of rotatable bonds is 8. The van der Waals surface area contributed by atoms with Crippen LogP contribution in [-0.2, 0) is 9.53 Å². The Kier molecular flexibility index (Phi) is 10.9. The van der Waals surface area contributed by atoms with Crippen molar-refractivity contribution in [2.45, 2.75) is 70.5 Å². The highest BCUT2D eigenvalue weighted by atomic mass is 16.6. The summed E-state index contributed by atoms with van der Waals surface area (Å²) >= 11 is 0. The minimum absolute atomic E-state index is 0.263. The average molecular weight is 318 g/mol. The lowest BCUT2D eigenvalue weighted by Gasteiger charge is -2.18. The van der Waals surface area contributed by atoms with Gasteiger partial charge >= 0.3 is 5.97 Å². The van der Waals surface area contributed by atoms with Crippen molar-refractivity contribution >= 4 is 5.97 Å². The summed E-state index contributed by atoms with van der Waals surface area (Å²) in [6, 6.07) is 0. The Morgan fingerprint density at radius 1 is 1.17 bits per heavy atom. The van der Waals surface area contributed by atoms with Gasteiger partial charge in [-0.3, -0.25) is 4.79 Å². The summed E-state index contributed by atoms with van der Waals surface area (Å²) in [5.41, 5.74) is 0. The van der Waals surface area contributed by atoms with Crippen LogP contribution in [0, 0.1) is 0 Å².